The molecule has 20 heavy (non-hydrogen) atoms. The molecule has 6 heteroatoms. The van der Waals surface area contributed by atoms with Crippen molar-refractivity contribution in [3.63, 3.8) is 0 Å². The summed E-state index contributed by atoms with van der Waals surface area (Å²) >= 11 is 0. The van der Waals surface area contributed by atoms with Gasteiger partial charge in [-0.3, -0.25) is 4.79 Å². The number of amides is 1. The Balaban J connectivity index is 1.93. The summed E-state index contributed by atoms with van der Waals surface area (Å²) in [5, 5.41) is 8.42. The number of carbonyl (C=O) groups is 1. The van der Waals surface area contributed by atoms with Gasteiger partial charge in [0, 0.05) is 31.9 Å². The largest absolute Gasteiger partial charge is 0.371 e. The van der Waals surface area contributed by atoms with E-state index in [0.29, 0.717) is 19.0 Å². The molecule has 6 nitrogen and oxygen atoms in total. The Labute approximate surface area is 118 Å². The minimum Gasteiger partial charge on any atom is -0.371 e. The molecule has 0 aromatic rings. The number of hydrogen-bond acceptors (Lipinski definition) is 3. The van der Waals surface area contributed by atoms with Gasteiger partial charge in [-0.2, -0.15) is 10.3 Å². The van der Waals surface area contributed by atoms with Gasteiger partial charge in [0.25, 0.3) is 0 Å². The quantitative estimate of drug-likeness (QED) is 0.349. The summed E-state index contributed by atoms with van der Waals surface area (Å²) in [6.45, 7) is 6.86. The average Bonchev–Trinajstić information content (AvgIpc) is 3.29. The lowest BCUT2D eigenvalue weighted by Crippen LogP contribution is -2.51. The van der Waals surface area contributed by atoms with Crippen LogP contribution in [-0.2, 0) is 4.79 Å². The predicted molar refractivity (Wildman–Crippen MR) is 76.4 cm³/mol. The van der Waals surface area contributed by atoms with Crippen molar-refractivity contribution in [2.45, 2.75) is 12.8 Å². The summed E-state index contributed by atoms with van der Waals surface area (Å²) in [6, 6.07) is 1.44. The highest BCUT2D eigenvalue weighted by molar-refractivity contribution is 6.00. The SMILES string of the molecule is C=C/C=C(\C1CC1)N1CCN(C(N)=NC(=O)C#N)CC1. The van der Waals surface area contributed by atoms with E-state index < -0.39 is 5.91 Å². The number of nitrogens with zero attached hydrogens (tertiary/aromatic N) is 4. The van der Waals surface area contributed by atoms with E-state index in [1.807, 2.05) is 11.0 Å². The van der Waals surface area contributed by atoms with Gasteiger partial charge in [-0.1, -0.05) is 12.7 Å². The van der Waals surface area contributed by atoms with E-state index in [2.05, 4.69) is 22.5 Å². The van der Waals surface area contributed by atoms with Crippen molar-refractivity contribution in [1.29, 1.82) is 5.26 Å². The fourth-order valence-corrected chi connectivity index (χ4v) is 2.39. The molecule has 0 aromatic heterocycles. The molecular weight excluding hydrogens is 254 g/mol. The number of rotatable bonds is 3. The lowest BCUT2D eigenvalue weighted by Gasteiger charge is -2.37. The predicted octanol–water partition coefficient (Wildman–Crippen LogP) is 0.449. The first-order valence-electron chi connectivity index (χ1n) is 6.76. The molecule has 2 aliphatic rings. The van der Waals surface area contributed by atoms with E-state index in [1.54, 1.807) is 0 Å². The van der Waals surface area contributed by atoms with Gasteiger partial charge >= 0.3 is 5.91 Å². The Kier molecular flexibility index (Phi) is 4.41. The highest BCUT2D eigenvalue weighted by atomic mass is 16.1. The molecule has 1 aliphatic carbocycles. The molecule has 1 saturated heterocycles. The Hall–Kier alpha value is -2.29. The summed E-state index contributed by atoms with van der Waals surface area (Å²) in [5.74, 6) is -0.0437. The van der Waals surface area contributed by atoms with Crippen molar-refractivity contribution >= 4 is 11.9 Å². The number of allylic oxidation sites excluding steroid dienone is 3. The van der Waals surface area contributed by atoms with Crippen molar-refractivity contribution in [1.82, 2.24) is 9.80 Å². The van der Waals surface area contributed by atoms with E-state index in [1.165, 1.54) is 24.6 Å². The Bertz CT molecular complexity index is 490. The number of hydrogen-bond donors (Lipinski definition) is 1. The summed E-state index contributed by atoms with van der Waals surface area (Å²) in [7, 11) is 0. The second-order valence-corrected chi connectivity index (χ2v) is 4.96. The second kappa shape index (κ2) is 6.24. The molecular formula is C14H19N5O. The molecule has 0 bridgehead atoms. The third-order valence-corrected chi connectivity index (χ3v) is 3.56. The first-order chi connectivity index (χ1) is 9.65. The highest BCUT2D eigenvalue weighted by Crippen LogP contribution is 2.38. The summed E-state index contributed by atoms with van der Waals surface area (Å²) in [6.07, 6.45) is 6.42. The van der Waals surface area contributed by atoms with Crippen LogP contribution in [0.15, 0.2) is 29.4 Å². The molecule has 1 heterocycles. The van der Waals surface area contributed by atoms with Crippen molar-refractivity contribution in [3.8, 4) is 6.07 Å². The molecule has 0 spiro atoms. The Morgan fingerprint density at radius 1 is 1.30 bits per heavy atom. The maximum absolute atomic E-state index is 10.9. The molecule has 0 atom stereocenters. The Morgan fingerprint density at radius 3 is 2.40 bits per heavy atom. The van der Waals surface area contributed by atoms with E-state index in [4.69, 9.17) is 11.0 Å². The van der Waals surface area contributed by atoms with E-state index >= 15 is 0 Å². The van der Waals surface area contributed by atoms with E-state index in [9.17, 15) is 4.79 Å². The molecule has 1 saturated carbocycles. The highest BCUT2D eigenvalue weighted by Gasteiger charge is 2.31. The third kappa shape index (κ3) is 3.38. The lowest BCUT2D eigenvalue weighted by atomic mass is 10.2. The Morgan fingerprint density at radius 2 is 1.90 bits per heavy atom. The van der Waals surface area contributed by atoms with Gasteiger partial charge in [-0.05, 0) is 24.8 Å². The zero-order valence-corrected chi connectivity index (χ0v) is 11.5. The normalized spacial score (nSPS) is 20.6. The topological polar surface area (TPSA) is 85.7 Å². The second-order valence-electron chi connectivity index (χ2n) is 4.96. The van der Waals surface area contributed by atoms with Gasteiger partial charge in [0.05, 0.1) is 0 Å². The fourth-order valence-electron chi connectivity index (χ4n) is 2.39. The number of nitriles is 1. The van der Waals surface area contributed by atoms with Crippen LogP contribution in [0.2, 0.25) is 0 Å². The maximum Gasteiger partial charge on any atom is 0.351 e. The minimum atomic E-state index is -0.852. The molecule has 1 amide bonds. The van der Waals surface area contributed by atoms with Gasteiger partial charge in [0.1, 0.15) is 0 Å². The summed E-state index contributed by atoms with van der Waals surface area (Å²) < 4.78 is 0. The van der Waals surface area contributed by atoms with Crippen LogP contribution in [0, 0.1) is 17.2 Å². The molecule has 1 aliphatic heterocycles. The van der Waals surface area contributed by atoms with Crippen LogP contribution in [0.5, 0.6) is 0 Å². The maximum atomic E-state index is 10.9. The van der Waals surface area contributed by atoms with Gasteiger partial charge in [-0.15, -0.1) is 0 Å². The molecule has 106 valence electrons. The van der Waals surface area contributed by atoms with Gasteiger partial charge in [0.15, 0.2) is 12.0 Å². The molecule has 0 unspecified atom stereocenters. The van der Waals surface area contributed by atoms with Crippen LogP contribution in [0.4, 0.5) is 0 Å². The first-order valence-corrected chi connectivity index (χ1v) is 6.76. The molecule has 2 fully saturated rings. The van der Waals surface area contributed by atoms with Crippen molar-refractivity contribution in [2.75, 3.05) is 26.2 Å². The van der Waals surface area contributed by atoms with E-state index in [0.717, 1.165) is 13.1 Å². The van der Waals surface area contributed by atoms with Crippen molar-refractivity contribution < 1.29 is 4.79 Å². The van der Waals surface area contributed by atoms with Gasteiger partial charge < -0.3 is 15.5 Å². The summed E-state index contributed by atoms with van der Waals surface area (Å²) in [4.78, 5) is 18.7. The van der Waals surface area contributed by atoms with Crippen molar-refractivity contribution in [2.24, 2.45) is 16.6 Å². The van der Waals surface area contributed by atoms with Crippen LogP contribution in [0.1, 0.15) is 12.8 Å². The van der Waals surface area contributed by atoms with Crippen LogP contribution < -0.4 is 5.73 Å². The average molecular weight is 273 g/mol. The molecule has 2 rings (SSSR count). The standard InChI is InChI=1S/C14H19N5O/c1-2-3-12(11-4-5-11)18-6-8-19(9-7-18)14(16)17-13(20)10-15/h2-3,11H,1,4-9H2,(H2,16,17,20)/b12-3+. The van der Waals surface area contributed by atoms with Crippen molar-refractivity contribution in [3.05, 3.63) is 24.4 Å². The monoisotopic (exact) mass is 273 g/mol. The first kappa shape index (κ1) is 14.1. The minimum absolute atomic E-state index is 0.136. The number of carbonyl (C=O) groups excluding carboxylic acids is 1. The molecule has 2 N–H and O–H groups in total. The van der Waals surface area contributed by atoms with Gasteiger partial charge in [-0.25, -0.2) is 0 Å². The third-order valence-electron chi connectivity index (χ3n) is 3.56. The van der Waals surface area contributed by atoms with Crippen LogP contribution in [0.25, 0.3) is 0 Å². The number of aliphatic imine (C=N–C) groups is 1. The van der Waals surface area contributed by atoms with Crippen LogP contribution in [-0.4, -0.2) is 47.8 Å². The molecule has 0 radical (unpaired) electrons. The van der Waals surface area contributed by atoms with Crippen LogP contribution >= 0.6 is 0 Å². The number of nitrogens with two attached hydrogens (primary N) is 1. The number of piperazine rings is 1. The smallest absolute Gasteiger partial charge is 0.351 e. The van der Waals surface area contributed by atoms with E-state index in [-0.39, 0.29) is 5.96 Å². The van der Waals surface area contributed by atoms with Crippen LogP contribution in [0.3, 0.4) is 0 Å². The molecule has 0 aromatic carbocycles. The zero-order valence-electron chi connectivity index (χ0n) is 11.5. The summed E-state index contributed by atoms with van der Waals surface area (Å²) in [5.41, 5.74) is 7.08. The fraction of sp³-hybridized carbons (Fsp3) is 0.500. The zero-order chi connectivity index (χ0) is 14.5. The lowest BCUT2D eigenvalue weighted by molar-refractivity contribution is -0.112. The van der Waals surface area contributed by atoms with Gasteiger partial charge in [0.2, 0.25) is 0 Å². The number of guanidine groups is 1.